The molecule has 0 fully saturated rings. The molecule has 0 spiro atoms. The first-order valence-corrected chi connectivity index (χ1v) is 12.9. The number of ether oxygens (including phenoxy) is 2. The van der Waals surface area contributed by atoms with Crippen LogP contribution in [-0.2, 0) is 21.2 Å². The summed E-state index contributed by atoms with van der Waals surface area (Å²) in [5.74, 6) is 1.18. The zero-order valence-electron chi connectivity index (χ0n) is 19.2. The lowest BCUT2D eigenvalue weighted by molar-refractivity contribution is -0.115. The van der Waals surface area contributed by atoms with Gasteiger partial charge in [-0.05, 0) is 48.7 Å². The molecule has 0 radical (unpaired) electrons. The summed E-state index contributed by atoms with van der Waals surface area (Å²) in [5.41, 5.74) is 2.52. The molecule has 2 aromatic rings. The normalized spacial score (nSPS) is 15.7. The van der Waals surface area contributed by atoms with Gasteiger partial charge in [0.2, 0.25) is 15.9 Å². The molecule has 8 nitrogen and oxygen atoms in total. The lowest BCUT2D eigenvalue weighted by Gasteiger charge is -2.31. The van der Waals surface area contributed by atoms with E-state index in [1.807, 2.05) is 30.9 Å². The number of carbonyl (C=O) groups is 1. The summed E-state index contributed by atoms with van der Waals surface area (Å²) < 4.78 is 38.6. The molecule has 0 aliphatic carbocycles. The van der Waals surface area contributed by atoms with Gasteiger partial charge in [0.25, 0.3) is 0 Å². The zero-order valence-corrected chi connectivity index (χ0v) is 20.0. The van der Waals surface area contributed by atoms with Crippen molar-refractivity contribution in [2.45, 2.75) is 38.0 Å². The van der Waals surface area contributed by atoms with Crippen LogP contribution in [0.1, 0.15) is 32.3 Å². The second kappa shape index (κ2) is 10.0. The van der Waals surface area contributed by atoms with Gasteiger partial charge in [0.05, 0.1) is 24.7 Å². The van der Waals surface area contributed by atoms with E-state index in [4.69, 9.17) is 9.47 Å². The Morgan fingerprint density at radius 2 is 1.79 bits per heavy atom. The Bertz CT molecular complexity index is 1120. The summed E-state index contributed by atoms with van der Waals surface area (Å²) in [5, 5.41) is 2.94. The molecule has 0 bridgehead atoms. The maximum absolute atomic E-state index is 12.9. The number of rotatable bonds is 7. The van der Waals surface area contributed by atoms with Crippen LogP contribution in [0.4, 0.5) is 11.4 Å². The fourth-order valence-electron chi connectivity index (χ4n) is 4.30. The molecule has 0 atom stereocenters. The Labute approximate surface area is 195 Å². The maximum Gasteiger partial charge on any atom is 0.243 e. The standard InChI is InChI=1S/C24H31N3O5S/c1-3-27(4-2)33(29,30)20-9-10-21-18(15-20)7-5-12-26(21)17-24(28)25-19-8-11-22-23(16-19)32-14-6-13-31-22/h8-11,15-16H,3-7,12-14,17H2,1-2H3,(H,25,28). The largest absolute Gasteiger partial charge is 0.490 e. The Hall–Kier alpha value is -2.78. The number of hydrogen-bond donors (Lipinski definition) is 1. The average Bonchev–Trinajstić information content (AvgIpc) is 3.04. The smallest absolute Gasteiger partial charge is 0.243 e. The minimum absolute atomic E-state index is 0.142. The SMILES string of the molecule is CCN(CC)S(=O)(=O)c1ccc2c(c1)CCCN2CC(=O)Nc1ccc2c(c1)OCCCO2. The average molecular weight is 474 g/mol. The molecule has 1 N–H and O–H groups in total. The summed E-state index contributed by atoms with van der Waals surface area (Å²) >= 11 is 0. The highest BCUT2D eigenvalue weighted by molar-refractivity contribution is 7.89. The van der Waals surface area contributed by atoms with Crippen molar-refractivity contribution in [2.75, 3.05) is 49.6 Å². The minimum Gasteiger partial charge on any atom is -0.490 e. The molecule has 0 saturated heterocycles. The van der Waals surface area contributed by atoms with Crippen molar-refractivity contribution < 1.29 is 22.7 Å². The van der Waals surface area contributed by atoms with E-state index in [9.17, 15) is 13.2 Å². The van der Waals surface area contributed by atoms with Gasteiger partial charge >= 0.3 is 0 Å². The molecule has 2 aliphatic rings. The highest BCUT2D eigenvalue weighted by Gasteiger charge is 2.25. The Morgan fingerprint density at radius 3 is 2.55 bits per heavy atom. The van der Waals surface area contributed by atoms with E-state index in [1.54, 1.807) is 24.3 Å². The van der Waals surface area contributed by atoms with Crippen molar-refractivity contribution in [3.8, 4) is 11.5 Å². The highest BCUT2D eigenvalue weighted by atomic mass is 32.2. The summed E-state index contributed by atoms with van der Waals surface area (Å²) in [6.07, 6.45) is 2.47. The summed E-state index contributed by atoms with van der Waals surface area (Å²) in [4.78, 5) is 15.1. The first-order valence-electron chi connectivity index (χ1n) is 11.5. The zero-order chi connectivity index (χ0) is 23.4. The van der Waals surface area contributed by atoms with Gasteiger partial charge in [0, 0.05) is 43.5 Å². The highest BCUT2D eigenvalue weighted by Crippen LogP contribution is 2.33. The van der Waals surface area contributed by atoms with Crippen LogP contribution in [0.3, 0.4) is 0 Å². The number of sulfonamides is 1. The van der Waals surface area contributed by atoms with Crippen molar-refractivity contribution in [1.29, 1.82) is 0 Å². The monoisotopic (exact) mass is 473 g/mol. The van der Waals surface area contributed by atoms with Crippen LogP contribution in [-0.4, -0.2) is 58.0 Å². The molecule has 2 aromatic carbocycles. The number of hydrogen-bond acceptors (Lipinski definition) is 6. The van der Waals surface area contributed by atoms with Crippen molar-refractivity contribution in [3.05, 3.63) is 42.0 Å². The van der Waals surface area contributed by atoms with E-state index in [0.717, 1.165) is 37.1 Å². The molecule has 0 unspecified atom stereocenters. The lowest BCUT2D eigenvalue weighted by Crippen LogP contribution is -2.37. The molecule has 2 aliphatic heterocycles. The third-order valence-electron chi connectivity index (χ3n) is 5.97. The third kappa shape index (κ3) is 5.09. The van der Waals surface area contributed by atoms with Crippen LogP contribution in [0.25, 0.3) is 0 Å². The van der Waals surface area contributed by atoms with Gasteiger partial charge < -0.3 is 19.7 Å². The third-order valence-corrected chi connectivity index (χ3v) is 8.02. The van der Waals surface area contributed by atoms with E-state index in [0.29, 0.717) is 48.4 Å². The fourth-order valence-corrected chi connectivity index (χ4v) is 5.81. The molecule has 178 valence electrons. The van der Waals surface area contributed by atoms with Crippen LogP contribution < -0.4 is 19.7 Å². The molecular formula is C24H31N3O5S. The van der Waals surface area contributed by atoms with Crippen LogP contribution in [0, 0.1) is 0 Å². The van der Waals surface area contributed by atoms with E-state index in [2.05, 4.69) is 5.32 Å². The van der Waals surface area contributed by atoms with E-state index >= 15 is 0 Å². The number of fused-ring (bicyclic) bond motifs is 2. The molecule has 4 rings (SSSR count). The van der Waals surface area contributed by atoms with Crippen LogP contribution in [0.2, 0.25) is 0 Å². The second-order valence-electron chi connectivity index (χ2n) is 8.17. The number of nitrogens with zero attached hydrogens (tertiary/aromatic N) is 2. The molecular weight excluding hydrogens is 442 g/mol. The molecule has 1 amide bonds. The number of anilines is 2. The van der Waals surface area contributed by atoms with Crippen molar-refractivity contribution in [1.82, 2.24) is 4.31 Å². The summed E-state index contributed by atoms with van der Waals surface area (Å²) in [7, 11) is -3.51. The van der Waals surface area contributed by atoms with Crippen LogP contribution in [0.15, 0.2) is 41.3 Å². The first kappa shape index (κ1) is 23.4. The number of amides is 1. The Kier molecular flexibility index (Phi) is 7.09. The molecule has 2 heterocycles. The van der Waals surface area contributed by atoms with Crippen LogP contribution >= 0.6 is 0 Å². The lowest BCUT2D eigenvalue weighted by atomic mass is 10.0. The fraction of sp³-hybridized carbons (Fsp3) is 0.458. The molecule has 33 heavy (non-hydrogen) atoms. The number of aryl methyl sites for hydroxylation is 1. The van der Waals surface area contributed by atoms with Crippen molar-refractivity contribution in [2.24, 2.45) is 0 Å². The first-order chi connectivity index (χ1) is 15.9. The topological polar surface area (TPSA) is 88.2 Å². The van der Waals surface area contributed by atoms with Gasteiger partial charge in [-0.1, -0.05) is 13.8 Å². The van der Waals surface area contributed by atoms with Gasteiger partial charge in [-0.3, -0.25) is 4.79 Å². The predicted molar refractivity (Wildman–Crippen MR) is 128 cm³/mol. The Balaban J connectivity index is 1.47. The minimum atomic E-state index is -3.51. The van der Waals surface area contributed by atoms with E-state index in [1.165, 1.54) is 4.31 Å². The van der Waals surface area contributed by atoms with Crippen molar-refractivity contribution >= 4 is 27.3 Å². The molecule has 0 saturated carbocycles. The van der Waals surface area contributed by atoms with Gasteiger partial charge in [-0.25, -0.2) is 8.42 Å². The summed E-state index contributed by atoms with van der Waals surface area (Å²) in [6, 6.07) is 10.6. The van der Waals surface area contributed by atoms with E-state index < -0.39 is 10.0 Å². The van der Waals surface area contributed by atoms with E-state index in [-0.39, 0.29) is 12.5 Å². The van der Waals surface area contributed by atoms with Gasteiger partial charge in [0.1, 0.15) is 0 Å². The molecule has 9 heteroatoms. The maximum atomic E-state index is 12.9. The Morgan fingerprint density at radius 1 is 1.03 bits per heavy atom. The van der Waals surface area contributed by atoms with Crippen LogP contribution in [0.5, 0.6) is 11.5 Å². The van der Waals surface area contributed by atoms with Gasteiger partial charge in [-0.15, -0.1) is 0 Å². The summed E-state index contributed by atoms with van der Waals surface area (Å²) in [6.45, 7) is 6.66. The molecule has 0 aromatic heterocycles. The number of benzene rings is 2. The quantitative estimate of drug-likeness (QED) is 0.664. The number of nitrogens with one attached hydrogen (secondary N) is 1. The van der Waals surface area contributed by atoms with Gasteiger partial charge in [0.15, 0.2) is 11.5 Å². The van der Waals surface area contributed by atoms with Gasteiger partial charge in [-0.2, -0.15) is 4.31 Å². The number of carbonyl (C=O) groups excluding carboxylic acids is 1. The van der Waals surface area contributed by atoms with Crippen molar-refractivity contribution in [3.63, 3.8) is 0 Å². The predicted octanol–water partition coefficient (Wildman–Crippen LogP) is 3.27. The second-order valence-corrected chi connectivity index (χ2v) is 10.1.